The van der Waals surface area contributed by atoms with Crippen LogP contribution in [0.4, 0.5) is 0 Å². The molecule has 2 aromatic rings. The van der Waals surface area contributed by atoms with E-state index in [2.05, 4.69) is 0 Å². The number of carboxylic acids is 1. The average molecular weight is 276 g/mol. The summed E-state index contributed by atoms with van der Waals surface area (Å²) in [7, 11) is 0. The van der Waals surface area contributed by atoms with Crippen molar-refractivity contribution >= 4 is 17.3 Å². The molecule has 0 bridgehead atoms. The first-order chi connectivity index (χ1) is 9.04. The Labute approximate surface area is 116 Å². The van der Waals surface area contributed by atoms with E-state index in [9.17, 15) is 9.90 Å². The van der Waals surface area contributed by atoms with Gasteiger partial charge in [-0.3, -0.25) is 0 Å². The summed E-state index contributed by atoms with van der Waals surface area (Å²) >= 11 is 1.46. The molecule has 1 heterocycles. The van der Waals surface area contributed by atoms with Crippen LogP contribution in [0.1, 0.15) is 27.7 Å². The van der Waals surface area contributed by atoms with Gasteiger partial charge in [-0.1, -0.05) is 6.07 Å². The summed E-state index contributed by atoms with van der Waals surface area (Å²) in [6, 6.07) is 5.79. The molecule has 0 atom stereocenters. The number of aromatic carboxylic acids is 1. The Morgan fingerprint density at radius 3 is 2.68 bits per heavy atom. The molecule has 0 saturated heterocycles. The predicted octanol–water partition coefficient (Wildman–Crippen LogP) is 4.13. The molecule has 0 aliphatic heterocycles. The molecule has 0 radical (unpaired) electrons. The Balaban J connectivity index is 2.51. The Morgan fingerprint density at radius 1 is 1.37 bits per heavy atom. The molecule has 100 valence electrons. The number of carbonyl (C=O) groups is 1. The number of aryl methyl sites for hydroxylation is 2. The van der Waals surface area contributed by atoms with Crippen LogP contribution in [0.2, 0.25) is 0 Å². The van der Waals surface area contributed by atoms with E-state index in [0.717, 1.165) is 27.3 Å². The molecule has 0 saturated carbocycles. The zero-order valence-electron chi connectivity index (χ0n) is 11.2. The van der Waals surface area contributed by atoms with Crippen LogP contribution in [0.25, 0.3) is 11.1 Å². The number of thiophene rings is 1. The lowest BCUT2D eigenvalue weighted by atomic mass is 10.00. The quantitative estimate of drug-likeness (QED) is 0.913. The van der Waals surface area contributed by atoms with Gasteiger partial charge in [-0.25, -0.2) is 4.79 Å². The molecule has 2 rings (SSSR count). The first-order valence-corrected chi connectivity index (χ1v) is 6.97. The molecule has 3 nitrogen and oxygen atoms in total. The van der Waals surface area contributed by atoms with Crippen molar-refractivity contribution in [2.75, 3.05) is 6.61 Å². The van der Waals surface area contributed by atoms with Gasteiger partial charge >= 0.3 is 5.97 Å². The van der Waals surface area contributed by atoms with Gasteiger partial charge in [0, 0.05) is 15.8 Å². The first-order valence-electron chi connectivity index (χ1n) is 6.09. The van der Waals surface area contributed by atoms with E-state index >= 15 is 0 Å². The SMILES string of the molecule is CCOc1ccc(-c2c(C(=O)O)csc2C)cc1C. The van der Waals surface area contributed by atoms with E-state index < -0.39 is 5.97 Å². The second-order valence-corrected chi connectivity index (χ2v) is 5.38. The lowest BCUT2D eigenvalue weighted by Crippen LogP contribution is -1.98. The molecule has 19 heavy (non-hydrogen) atoms. The number of hydrogen-bond acceptors (Lipinski definition) is 3. The van der Waals surface area contributed by atoms with E-state index in [1.54, 1.807) is 5.38 Å². The standard InChI is InChI=1S/C15H16O3S/c1-4-18-13-6-5-11(7-9(13)2)14-10(3)19-8-12(14)15(16)17/h5-8H,4H2,1-3H3,(H,16,17). The van der Waals surface area contributed by atoms with Gasteiger partial charge < -0.3 is 9.84 Å². The zero-order valence-corrected chi connectivity index (χ0v) is 12.0. The number of benzene rings is 1. The molecule has 0 fully saturated rings. The highest BCUT2D eigenvalue weighted by Gasteiger charge is 2.17. The first kappa shape index (κ1) is 13.6. The lowest BCUT2D eigenvalue weighted by molar-refractivity contribution is 0.0698. The highest BCUT2D eigenvalue weighted by atomic mass is 32.1. The summed E-state index contributed by atoms with van der Waals surface area (Å²) < 4.78 is 5.50. The van der Waals surface area contributed by atoms with Gasteiger partial charge in [0.2, 0.25) is 0 Å². The molecule has 0 aliphatic rings. The Bertz CT molecular complexity index is 614. The largest absolute Gasteiger partial charge is 0.494 e. The van der Waals surface area contributed by atoms with Crippen LogP contribution in [-0.4, -0.2) is 17.7 Å². The van der Waals surface area contributed by atoms with Crippen molar-refractivity contribution in [2.24, 2.45) is 0 Å². The van der Waals surface area contributed by atoms with Crippen molar-refractivity contribution < 1.29 is 14.6 Å². The van der Waals surface area contributed by atoms with Gasteiger partial charge in [0.05, 0.1) is 12.2 Å². The van der Waals surface area contributed by atoms with E-state index in [1.807, 2.05) is 39.0 Å². The van der Waals surface area contributed by atoms with Gasteiger partial charge in [-0.15, -0.1) is 11.3 Å². The van der Waals surface area contributed by atoms with Crippen molar-refractivity contribution in [1.82, 2.24) is 0 Å². The zero-order chi connectivity index (χ0) is 14.0. The van der Waals surface area contributed by atoms with E-state index in [1.165, 1.54) is 11.3 Å². The van der Waals surface area contributed by atoms with Gasteiger partial charge in [0.25, 0.3) is 0 Å². The molecular weight excluding hydrogens is 260 g/mol. The highest BCUT2D eigenvalue weighted by molar-refractivity contribution is 7.10. The monoisotopic (exact) mass is 276 g/mol. The number of carboxylic acid groups (broad SMARTS) is 1. The molecule has 0 aliphatic carbocycles. The molecule has 1 aromatic carbocycles. The van der Waals surface area contributed by atoms with Crippen LogP contribution < -0.4 is 4.74 Å². The normalized spacial score (nSPS) is 10.5. The fourth-order valence-electron chi connectivity index (χ4n) is 2.09. The number of hydrogen-bond donors (Lipinski definition) is 1. The topological polar surface area (TPSA) is 46.5 Å². The predicted molar refractivity (Wildman–Crippen MR) is 77.4 cm³/mol. The van der Waals surface area contributed by atoms with Crippen LogP contribution >= 0.6 is 11.3 Å². The molecule has 0 spiro atoms. The molecular formula is C15H16O3S. The van der Waals surface area contributed by atoms with Crippen molar-refractivity contribution in [3.8, 4) is 16.9 Å². The van der Waals surface area contributed by atoms with Crippen molar-refractivity contribution in [3.63, 3.8) is 0 Å². The minimum atomic E-state index is -0.883. The summed E-state index contributed by atoms with van der Waals surface area (Å²) in [4.78, 5) is 12.3. The highest BCUT2D eigenvalue weighted by Crippen LogP contribution is 2.34. The molecule has 0 unspecified atom stereocenters. The molecule has 4 heteroatoms. The van der Waals surface area contributed by atoms with E-state index in [0.29, 0.717) is 12.2 Å². The maximum absolute atomic E-state index is 11.2. The fraction of sp³-hybridized carbons (Fsp3) is 0.267. The third kappa shape index (κ3) is 2.63. The average Bonchev–Trinajstić information content (AvgIpc) is 2.74. The summed E-state index contributed by atoms with van der Waals surface area (Å²) in [5.41, 5.74) is 3.12. The maximum atomic E-state index is 11.2. The lowest BCUT2D eigenvalue weighted by Gasteiger charge is -2.10. The van der Waals surface area contributed by atoms with Crippen molar-refractivity contribution in [2.45, 2.75) is 20.8 Å². The second-order valence-electron chi connectivity index (χ2n) is 4.30. The summed E-state index contributed by atoms with van der Waals surface area (Å²) in [5.74, 6) is -0.0399. The smallest absolute Gasteiger partial charge is 0.337 e. The third-order valence-corrected chi connectivity index (χ3v) is 3.88. The van der Waals surface area contributed by atoms with Gasteiger partial charge in [-0.05, 0) is 44.0 Å². The fourth-order valence-corrected chi connectivity index (χ4v) is 2.95. The van der Waals surface area contributed by atoms with Crippen LogP contribution in [0.15, 0.2) is 23.6 Å². The van der Waals surface area contributed by atoms with E-state index in [4.69, 9.17) is 4.74 Å². The Hall–Kier alpha value is -1.81. The minimum Gasteiger partial charge on any atom is -0.494 e. The Kier molecular flexibility index (Phi) is 3.90. The summed E-state index contributed by atoms with van der Waals surface area (Å²) in [6.07, 6.45) is 0. The van der Waals surface area contributed by atoms with E-state index in [-0.39, 0.29) is 0 Å². The van der Waals surface area contributed by atoms with Crippen molar-refractivity contribution in [1.29, 1.82) is 0 Å². The molecule has 1 aromatic heterocycles. The minimum absolute atomic E-state index is 0.367. The molecule has 0 amide bonds. The number of ether oxygens (including phenoxy) is 1. The Morgan fingerprint density at radius 2 is 2.11 bits per heavy atom. The molecule has 1 N–H and O–H groups in total. The van der Waals surface area contributed by atoms with Crippen LogP contribution in [0.3, 0.4) is 0 Å². The van der Waals surface area contributed by atoms with Gasteiger partial charge in [0.15, 0.2) is 0 Å². The van der Waals surface area contributed by atoms with Crippen LogP contribution in [-0.2, 0) is 0 Å². The van der Waals surface area contributed by atoms with Crippen molar-refractivity contribution in [3.05, 3.63) is 39.6 Å². The summed E-state index contributed by atoms with van der Waals surface area (Å²) in [5, 5.41) is 10.9. The number of rotatable bonds is 4. The van der Waals surface area contributed by atoms with Crippen LogP contribution in [0, 0.1) is 13.8 Å². The second kappa shape index (κ2) is 5.45. The van der Waals surface area contributed by atoms with Gasteiger partial charge in [0.1, 0.15) is 5.75 Å². The third-order valence-electron chi connectivity index (χ3n) is 2.97. The van der Waals surface area contributed by atoms with Gasteiger partial charge in [-0.2, -0.15) is 0 Å². The maximum Gasteiger partial charge on any atom is 0.337 e. The summed E-state index contributed by atoms with van der Waals surface area (Å²) in [6.45, 7) is 6.48. The van der Waals surface area contributed by atoms with Crippen LogP contribution in [0.5, 0.6) is 5.75 Å².